The molecule has 0 fully saturated rings. The highest BCUT2D eigenvalue weighted by atomic mass is 16.6. The predicted molar refractivity (Wildman–Crippen MR) is 99.4 cm³/mol. The van der Waals surface area contributed by atoms with Crippen LogP contribution in [-0.4, -0.2) is 22.4 Å². The van der Waals surface area contributed by atoms with Gasteiger partial charge in [-0.2, -0.15) is 0 Å². The highest BCUT2D eigenvalue weighted by Crippen LogP contribution is 2.24. The molecule has 1 amide bonds. The fourth-order valence-corrected chi connectivity index (χ4v) is 2.32. The van der Waals surface area contributed by atoms with Gasteiger partial charge in [-0.1, -0.05) is 32.9 Å². The fraction of sp³-hybridized carbons (Fsp3) is 0.368. The summed E-state index contributed by atoms with van der Waals surface area (Å²) in [5.74, 6) is 0.453. The van der Waals surface area contributed by atoms with Gasteiger partial charge in [0.15, 0.2) is 0 Å². The van der Waals surface area contributed by atoms with Crippen molar-refractivity contribution in [2.45, 2.75) is 39.0 Å². The molecule has 1 heterocycles. The van der Waals surface area contributed by atoms with E-state index in [1.165, 1.54) is 17.8 Å². The van der Waals surface area contributed by atoms with Crippen molar-refractivity contribution in [2.75, 3.05) is 11.9 Å². The van der Waals surface area contributed by atoms with Gasteiger partial charge in [-0.15, -0.1) is 0 Å². The van der Waals surface area contributed by atoms with Gasteiger partial charge < -0.3 is 10.1 Å². The van der Waals surface area contributed by atoms with Crippen molar-refractivity contribution in [3.8, 4) is 5.75 Å². The summed E-state index contributed by atoms with van der Waals surface area (Å²) in [7, 11) is 0. The lowest BCUT2D eigenvalue weighted by Crippen LogP contribution is -2.14. The van der Waals surface area contributed by atoms with E-state index < -0.39 is 4.92 Å². The minimum absolute atomic E-state index is 0.0895. The van der Waals surface area contributed by atoms with Gasteiger partial charge in [-0.05, 0) is 35.6 Å². The number of rotatable bonds is 7. The monoisotopic (exact) mass is 357 g/mol. The molecule has 0 aliphatic rings. The van der Waals surface area contributed by atoms with Crippen molar-refractivity contribution < 1.29 is 14.5 Å². The molecule has 2 rings (SSSR count). The lowest BCUT2D eigenvalue weighted by atomic mass is 9.87. The molecule has 0 atom stereocenters. The Kier molecular flexibility index (Phi) is 6.27. The first kappa shape index (κ1) is 19.4. The second-order valence-corrected chi connectivity index (χ2v) is 6.92. The topological polar surface area (TPSA) is 94.4 Å². The van der Waals surface area contributed by atoms with Gasteiger partial charge >= 0.3 is 5.69 Å². The van der Waals surface area contributed by atoms with E-state index in [-0.39, 0.29) is 29.1 Å². The molecule has 0 bridgehead atoms. The number of nitro groups is 1. The average molecular weight is 357 g/mol. The summed E-state index contributed by atoms with van der Waals surface area (Å²) in [4.78, 5) is 26.0. The van der Waals surface area contributed by atoms with Crippen molar-refractivity contribution >= 4 is 17.3 Å². The van der Waals surface area contributed by atoms with Crippen LogP contribution in [-0.2, 0) is 10.2 Å². The minimum Gasteiger partial charge on any atom is -0.494 e. The van der Waals surface area contributed by atoms with E-state index in [1.807, 2.05) is 24.3 Å². The third-order valence-electron chi connectivity index (χ3n) is 3.81. The number of hydrogen-bond donors (Lipinski definition) is 1. The van der Waals surface area contributed by atoms with Crippen LogP contribution in [0.4, 0.5) is 11.4 Å². The Bertz CT molecular complexity index is 767. The Morgan fingerprint density at radius 2 is 1.92 bits per heavy atom. The maximum Gasteiger partial charge on any atom is 0.310 e. The Balaban J connectivity index is 1.78. The number of ether oxygens (including phenoxy) is 1. The second kappa shape index (κ2) is 8.42. The highest BCUT2D eigenvalue weighted by molar-refractivity contribution is 5.92. The number of anilines is 1. The third kappa shape index (κ3) is 5.54. The van der Waals surface area contributed by atoms with Crippen LogP contribution >= 0.6 is 0 Å². The quantitative estimate of drug-likeness (QED) is 0.458. The number of carbonyl (C=O) groups is 1. The Morgan fingerprint density at radius 1 is 1.23 bits per heavy atom. The summed E-state index contributed by atoms with van der Waals surface area (Å²) >= 11 is 0. The number of benzene rings is 1. The van der Waals surface area contributed by atoms with Gasteiger partial charge in [0.05, 0.1) is 11.5 Å². The number of nitrogens with one attached hydrogen (secondary N) is 1. The van der Waals surface area contributed by atoms with Gasteiger partial charge in [-0.25, -0.2) is 0 Å². The maximum absolute atomic E-state index is 11.9. The van der Waals surface area contributed by atoms with Gasteiger partial charge in [0, 0.05) is 12.6 Å². The molecule has 1 N–H and O–H groups in total. The van der Waals surface area contributed by atoms with E-state index in [0.717, 1.165) is 11.9 Å². The number of carbonyl (C=O) groups excluding carboxylic acids is 1. The van der Waals surface area contributed by atoms with Crippen molar-refractivity contribution in [1.29, 1.82) is 0 Å². The lowest BCUT2D eigenvalue weighted by molar-refractivity contribution is -0.384. The van der Waals surface area contributed by atoms with Gasteiger partial charge in [0.1, 0.15) is 17.6 Å². The molecule has 2 aromatic rings. The van der Waals surface area contributed by atoms with E-state index in [4.69, 9.17) is 4.74 Å². The molecule has 1 aromatic heterocycles. The van der Waals surface area contributed by atoms with Crippen LogP contribution in [0.15, 0.2) is 42.7 Å². The number of amides is 1. The predicted octanol–water partition coefficient (Wildman–Crippen LogP) is 4.09. The van der Waals surface area contributed by atoms with Crippen LogP contribution in [0.5, 0.6) is 5.75 Å². The summed E-state index contributed by atoms with van der Waals surface area (Å²) < 4.78 is 5.64. The van der Waals surface area contributed by atoms with Crippen LogP contribution in [0.3, 0.4) is 0 Å². The zero-order chi connectivity index (χ0) is 19.2. The maximum atomic E-state index is 11.9. The molecule has 1 aromatic carbocycles. The molecule has 0 saturated carbocycles. The third-order valence-corrected chi connectivity index (χ3v) is 3.81. The number of nitrogens with zero attached hydrogens (tertiary/aromatic N) is 2. The standard InChI is InChI=1S/C19H23N3O4/c1-19(2,3)14-6-8-15(9-7-14)26-12-4-5-18(23)21-16-10-11-20-13-17(16)22(24)25/h6-11,13H,4-5,12H2,1-3H3,(H,20,21,23). The van der Waals surface area contributed by atoms with Gasteiger partial charge in [0.2, 0.25) is 5.91 Å². The van der Waals surface area contributed by atoms with Crippen molar-refractivity contribution in [1.82, 2.24) is 4.98 Å². The SMILES string of the molecule is CC(C)(C)c1ccc(OCCCC(=O)Nc2ccncc2[N+](=O)[O-])cc1. The van der Waals surface area contributed by atoms with E-state index in [2.05, 4.69) is 31.1 Å². The molecule has 7 nitrogen and oxygen atoms in total. The van der Waals surface area contributed by atoms with E-state index in [9.17, 15) is 14.9 Å². The summed E-state index contributed by atoms with van der Waals surface area (Å²) in [6.07, 6.45) is 3.22. The summed E-state index contributed by atoms with van der Waals surface area (Å²) in [6, 6.07) is 9.31. The molecular formula is C19H23N3O4. The molecular weight excluding hydrogens is 334 g/mol. The second-order valence-electron chi connectivity index (χ2n) is 6.92. The largest absolute Gasteiger partial charge is 0.494 e. The Labute approximate surface area is 152 Å². The molecule has 0 radical (unpaired) electrons. The molecule has 7 heteroatoms. The Morgan fingerprint density at radius 3 is 2.54 bits per heavy atom. The lowest BCUT2D eigenvalue weighted by Gasteiger charge is -2.19. The number of hydrogen-bond acceptors (Lipinski definition) is 5. The molecule has 0 saturated heterocycles. The fourth-order valence-electron chi connectivity index (χ4n) is 2.32. The van der Waals surface area contributed by atoms with Crippen LogP contribution in [0.2, 0.25) is 0 Å². The first-order valence-electron chi connectivity index (χ1n) is 8.39. The van der Waals surface area contributed by atoms with E-state index >= 15 is 0 Å². The normalized spacial score (nSPS) is 11.0. The van der Waals surface area contributed by atoms with Gasteiger partial charge in [-0.3, -0.25) is 19.9 Å². The Hall–Kier alpha value is -2.96. The van der Waals surface area contributed by atoms with Crippen LogP contribution in [0.25, 0.3) is 0 Å². The first-order valence-corrected chi connectivity index (χ1v) is 8.39. The summed E-state index contributed by atoms with van der Waals surface area (Å²) in [5.41, 5.74) is 1.24. The average Bonchev–Trinajstić information content (AvgIpc) is 2.58. The van der Waals surface area contributed by atoms with Crippen LogP contribution < -0.4 is 10.1 Å². The van der Waals surface area contributed by atoms with Crippen molar-refractivity contribution in [3.63, 3.8) is 0 Å². The molecule has 0 aliphatic heterocycles. The van der Waals surface area contributed by atoms with Gasteiger partial charge in [0.25, 0.3) is 0 Å². The molecule has 0 spiro atoms. The zero-order valence-corrected chi connectivity index (χ0v) is 15.2. The number of aromatic nitrogens is 1. The summed E-state index contributed by atoms with van der Waals surface area (Å²) in [6.45, 7) is 6.83. The van der Waals surface area contributed by atoms with Crippen LogP contribution in [0, 0.1) is 10.1 Å². The smallest absolute Gasteiger partial charge is 0.310 e. The van der Waals surface area contributed by atoms with Crippen LogP contribution in [0.1, 0.15) is 39.2 Å². The summed E-state index contributed by atoms with van der Waals surface area (Å²) in [5, 5.41) is 13.4. The molecule has 0 unspecified atom stereocenters. The molecule has 0 aliphatic carbocycles. The number of pyridine rings is 1. The molecule has 138 valence electrons. The zero-order valence-electron chi connectivity index (χ0n) is 15.2. The first-order chi connectivity index (χ1) is 12.3. The highest BCUT2D eigenvalue weighted by Gasteiger charge is 2.15. The van der Waals surface area contributed by atoms with E-state index in [1.54, 1.807) is 0 Å². The molecule has 26 heavy (non-hydrogen) atoms. The van der Waals surface area contributed by atoms with E-state index in [0.29, 0.717) is 13.0 Å². The van der Waals surface area contributed by atoms with Crippen molar-refractivity contribution in [2.24, 2.45) is 0 Å². The minimum atomic E-state index is -0.576. The van der Waals surface area contributed by atoms with Crippen molar-refractivity contribution in [3.05, 3.63) is 58.4 Å².